The van der Waals surface area contributed by atoms with Gasteiger partial charge in [-0.15, -0.1) is 0 Å². The van der Waals surface area contributed by atoms with E-state index in [1.54, 1.807) is 11.8 Å². The van der Waals surface area contributed by atoms with Gasteiger partial charge in [-0.05, 0) is 54.7 Å². The van der Waals surface area contributed by atoms with Crippen LogP contribution in [0.4, 0.5) is 5.69 Å². The first-order valence-electron chi connectivity index (χ1n) is 15.2. The Bertz CT molecular complexity index is 1230. The summed E-state index contributed by atoms with van der Waals surface area (Å²) in [5.74, 6) is -2.38. The highest BCUT2D eigenvalue weighted by molar-refractivity contribution is 5.93. The molecule has 0 spiro atoms. The predicted octanol–water partition coefficient (Wildman–Crippen LogP) is -0.325. The van der Waals surface area contributed by atoms with Gasteiger partial charge in [0.1, 0.15) is 17.8 Å². The van der Waals surface area contributed by atoms with Gasteiger partial charge < -0.3 is 35.2 Å². The minimum atomic E-state index is -1.34. The van der Waals surface area contributed by atoms with E-state index in [2.05, 4.69) is 17.6 Å². The summed E-state index contributed by atoms with van der Waals surface area (Å²) in [5.41, 5.74) is 17.1. The number of ether oxygens (including phenoxy) is 1. The van der Waals surface area contributed by atoms with E-state index in [1.165, 1.54) is 31.8 Å². The zero-order valence-corrected chi connectivity index (χ0v) is 26.3. The fourth-order valence-electron chi connectivity index (χ4n) is 4.20. The van der Waals surface area contributed by atoms with Gasteiger partial charge in [0.15, 0.2) is 0 Å². The number of carbonyl (C=O) groups is 3. The van der Waals surface area contributed by atoms with Gasteiger partial charge in [-0.25, -0.2) is 0 Å². The Hall–Kier alpha value is -4.38. The average molecular weight is 612 g/mol. The van der Waals surface area contributed by atoms with Crippen molar-refractivity contribution in [3.8, 4) is 11.1 Å². The quantitative estimate of drug-likeness (QED) is 0.0576. The maximum atomic E-state index is 12.6. The smallest absolute Gasteiger partial charge is 0.338 e. The Morgan fingerprint density at radius 2 is 1.61 bits per heavy atom. The number of guanidine groups is 1. The Morgan fingerprint density at radius 3 is 2.20 bits per heavy atom. The Kier molecular flexibility index (Phi) is 18.3. The van der Waals surface area contributed by atoms with E-state index < -0.39 is 18.0 Å². The van der Waals surface area contributed by atoms with Gasteiger partial charge >= 0.3 is 5.96 Å². The summed E-state index contributed by atoms with van der Waals surface area (Å²) in [5, 5.41) is 21.3. The number of carboxylic acids is 2. The largest absolute Gasteiger partial charge is 0.544 e. The number of rotatable bonds is 18. The van der Waals surface area contributed by atoms with Crippen LogP contribution >= 0.6 is 0 Å². The lowest BCUT2D eigenvalue weighted by Gasteiger charge is -2.18. The van der Waals surface area contributed by atoms with Crippen molar-refractivity contribution in [3.63, 3.8) is 0 Å². The fourth-order valence-corrected chi connectivity index (χ4v) is 4.20. The first-order chi connectivity index (χ1) is 21.0. The van der Waals surface area contributed by atoms with Gasteiger partial charge in [-0.3, -0.25) is 21.3 Å². The Balaban J connectivity index is 0.000000681. The first-order valence-corrected chi connectivity index (χ1v) is 15.2. The van der Waals surface area contributed by atoms with Crippen LogP contribution in [0.2, 0.25) is 0 Å². The summed E-state index contributed by atoms with van der Waals surface area (Å²) in [4.78, 5) is 38.3. The summed E-state index contributed by atoms with van der Waals surface area (Å²) in [6.07, 6.45) is 10.1. The molecule has 0 saturated heterocycles. The first kappa shape index (κ1) is 37.6. The number of unbranched alkanes of at least 4 members (excludes halogenated alkanes) is 5. The Labute approximate surface area is 260 Å². The molecule has 0 aliphatic heterocycles. The number of anilines is 1. The zero-order valence-electron chi connectivity index (χ0n) is 26.3. The number of benzene rings is 2. The number of hydrogen-bond acceptors (Lipinski definition) is 6. The van der Waals surface area contributed by atoms with E-state index in [0.717, 1.165) is 29.7 Å². The van der Waals surface area contributed by atoms with Crippen molar-refractivity contribution in [2.24, 2.45) is 11.5 Å². The lowest BCUT2D eigenvalue weighted by atomic mass is 10.0. The molecular formula is C33H49N5O6. The van der Waals surface area contributed by atoms with Gasteiger partial charge in [0.25, 0.3) is 0 Å². The predicted molar refractivity (Wildman–Crippen MR) is 168 cm³/mol. The SMILES string of the molecule is CCCCCCCCC(=O)N(C)c1cccc(-c2ccc(/C=C(\OCC)C(=O)[O-])cc2)c1.NC(N)=[NH+]CCC[C@H]([NH3+])C(=O)[O-]. The monoisotopic (exact) mass is 611 g/mol. The minimum Gasteiger partial charge on any atom is -0.544 e. The molecule has 0 unspecified atom stereocenters. The fraction of sp³-hybridized carbons (Fsp3) is 0.455. The van der Waals surface area contributed by atoms with Gasteiger partial charge in [0, 0.05) is 25.6 Å². The van der Waals surface area contributed by atoms with Crippen molar-refractivity contribution in [2.75, 3.05) is 25.1 Å². The molecule has 2 aromatic rings. The lowest BCUT2D eigenvalue weighted by Crippen LogP contribution is -2.78. The normalized spacial score (nSPS) is 11.5. The summed E-state index contributed by atoms with van der Waals surface area (Å²) in [6.45, 7) is 4.74. The highest BCUT2D eigenvalue weighted by Gasteiger charge is 2.12. The van der Waals surface area contributed by atoms with Crippen LogP contribution in [0.25, 0.3) is 17.2 Å². The zero-order chi connectivity index (χ0) is 32.9. The van der Waals surface area contributed by atoms with Gasteiger partial charge in [0.2, 0.25) is 5.91 Å². The second-order valence-electron chi connectivity index (χ2n) is 10.4. The van der Waals surface area contributed by atoms with E-state index >= 15 is 0 Å². The number of quaternary nitrogens is 1. The van der Waals surface area contributed by atoms with E-state index in [1.807, 2.05) is 55.6 Å². The molecule has 242 valence electrons. The minimum absolute atomic E-state index is 0.129. The average Bonchev–Trinajstić information content (AvgIpc) is 3.00. The van der Waals surface area contributed by atoms with Crippen LogP contribution in [0.15, 0.2) is 54.3 Å². The summed E-state index contributed by atoms with van der Waals surface area (Å²) < 4.78 is 5.10. The third kappa shape index (κ3) is 15.2. The molecule has 44 heavy (non-hydrogen) atoms. The lowest BCUT2D eigenvalue weighted by molar-refractivity contribution is -0.466. The van der Waals surface area contributed by atoms with Crippen LogP contribution < -0.4 is 37.3 Å². The highest BCUT2D eigenvalue weighted by atomic mass is 16.5. The second-order valence-corrected chi connectivity index (χ2v) is 10.4. The van der Waals surface area contributed by atoms with E-state index in [4.69, 9.17) is 16.2 Å². The molecule has 2 aromatic carbocycles. The topological polar surface area (TPSA) is 203 Å². The molecule has 0 aliphatic rings. The molecule has 0 aliphatic carbocycles. The molecule has 0 aromatic heterocycles. The number of carboxylic acid groups (broad SMARTS) is 2. The van der Waals surface area contributed by atoms with Crippen LogP contribution in [0.3, 0.4) is 0 Å². The number of hydrogen-bond donors (Lipinski definition) is 4. The maximum absolute atomic E-state index is 12.6. The van der Waals surface area contributed by atoms with E-state index in [9.17, 15) is 24.6 Å². The number of nitrogens with two attached hydrogens (primary N) is 2. The number of aliphatic carboxylic acids is 2. The Morgan fingerprint density at radius 1 is 0.955 bits per heavy atom. The highest BCUT2D eigenvalue weighted by Crippen LogP contribution is 2.26. The van der Waals surface area contributed by atoms with Crippen molar-refractivity contribution >= 4 is 35.6 Å². The summed E-state index contributed by atoms with van der Waals surface area (Å²) >= 11 is 0. The van der Waals surface area contributed by atoms with Crippen LogP contribution in [-0.2, 0) is 19.1 Å². The van der Waals surface area contributed by atoms with Crippen molar-refractivity contribution in [2.45, 2.75) is 77.7 Å². The van der Waals surface area contributed by atoms with Crippen molar-refractivity contribution < 1.29 is 40.1 Å². The van der Waals surface area contributed by atoms with Crippen molar-refractivity contribution in [1.29, 1.82) is 0 Å². The number of amides is 1. The van der Waals surface area contributed by atoms with Crippen molar-refractivity contribution in [3.05, 3.63) is 59.9 Å². The number of nitrogens with zero attached hydrogens (tertiary/aromatic N) is 1. The molecule has 1 amide bonds. The van der Waals surface area contributed by atoms with Crippen LogP contribution in [-0.4, -0.2) is 50.0 Å². The molecule has 11 nitrogen and oxygen atoms in total. The van der Waals surface area contributed by atoms with E-state index in [0.29, 0.717) is 31.4 Å². The molecule has 0 saturated carbocycles. The third-order valence-electron chi connectivity index (χ3n) is 6.79. The molecule has 0 radical (unpaired) electrons. The van der Waals surface area contributed by atoms with Gasteiger partial charge in [-0.2, -0.15) is 0 Å². The standard InChI is InChI=1S/C27H35NO4.C6H14N4O2/c1-4-6-7-8-9-10-14-26(29)28(3)24-13-11-12-23(20-24)22-17-15-21(16-18-22)19-25(27(30)31)32-5-2;7-4(5(11)12)2-1-3-10-6(8)9/h11-13,15-20H,4-10,14H2,1-3H3,(H,30,31);4H,1-3,7H2,(H,11,12)(H4,8,9,10)/b25-19-;/t;4-/m.0/s1. The van der Waals surface area contributed by atoms with Gasteiger partial charge in [-0.1, -0.05) is 75.4 Å². The van der Waals surface area contributed by atoms with Gasteiger partial charge in [0.05, 0.1) is 19.1 Å². The molecule has 8 N–H and O–H groups in total. The summed E-state index contributed by atoms with van der Waals surface area (Å²) in [6, 6.07) is 14.7. The van der Waals surface area contributed by atoms with Crippen LogP contribution in [0, 0.1) is 0 Å². The molecule has 1 atom stereocenters. The molecule has 0 bridgehead atoms. The van der Waals surface area contributed by atoms with Crippen LogP contribution in [0.5, 0.6) is 0 Å². The van der Waals surface area contributed by atoms with E-state index in [-0.39, 0.29) is 24.2 Å². The number of carbonyl (C=O) groups excluding carboxylic acids is 3. The molecule has 0 heterocycles. The molecular weight excluding hydrogens is 562 g/mol. The second kappa shape index (κ2) is 21.3. The maximum Gasteiger partial charge on any atom is 0.338 e. The van der Waals surface area contributed by atoms with Crippen LogP contribution in [0.1, 0.15) is 77.2 Å². The number of nitrogens with one attached hydrogen (secondary N) is 1. The molecule has 2 rings (SSSR count). The molecule has 11 heteroatoms. The summed E-state index contributed by atoms with van der Waals surface area (Å²) in [7, 11) is 1.82. The molecule has 0 fully saturated rings. The van der Waals surface area contributed by atoms with Crippen molar-refractivity contribution in [1.82, 2.24) is 0 Å². The third-order valence-corrected chi connectivity index (χ3v) is 6.79.